The van der Waals surface area contributed by atoms with Gasteiger partial charge in [-0.05, 0) is 12.1 Å². The molecule has 1 atom stereocenters. The van der Waals surface area contributed by atoms with Crippen molar-refractivity contribution in [2.45, 2.75) is 12.5 Å². The summed E-state index contributed by atoms with van der Waals surface area (Å²) in [6.45, 7) is 1.04. The minimum Gasteiger partial charge on any atom is -0.496 e. The van der Waals surface area contributed by atoms with E-state index in [1.807, 2.05) is 36.0 Å². The van der Waals surface area contributed by atoms with E-state index in [-0.39, 0.29) is 0 Å². The van der Waals surface area contributed by atoms with Crippen LogP contribution in [-0.2, 0) is 6.42 Å². The molecule has 1 saturated heterocycles. The molecule has 5 nitrogen and oxygen atoms in total. The number of nitrogens with one attached hydrogen (secondary N) is 1. The number of methoxy groups -OCH3 is 1. The van der Waals surface area contributed by atoms with Crippen molar-refractivity contribution in [1.82, 2.24) is 15.5 Å². The summed E-state index contributed by atoms with van der Waals surface area (Å²) in [6, 6.07) is 8.10. The van der Waals surface area contributed by atoms with E-state index in [0.29, 0.717) is 17.8 Å². The molecule has 1 unspecified atom stereocenters. The van der Waals surface area contributed by atoms with Crippen LogP contribution in [0.15, 0.2) is 28.8 Å². The molecule has 2 aromatic rings. The van der Waals surface area contributed by atoms with Crippen molar-refractivity contribution in [3.63, 3.8) is 0 Å². The molecule has 0 amide bonds. The van der Waals surface area contributed by atoms with Gasteiger partial charge in [0.15, 0.2) is 0 Å². The maximum absolute atomic E-state index is 5.36. The molecule has 1 N–H and O–H groups in total. The second kappa shape index (κ2) is 6.28. The van der Waals surface area contributed by atoms with Gasteiger partial charge in [0.05, 0.1) is 12.7 Å². The average molecular weight is 291 g/mol. The summed E-state index contributed by atoms with van der Waals surface area (Å²) in [5.74, 6) is 4.28. The van der Waals surface area contributed by atoms with E-state index >= 15 is 0 Å². The number of rotatable bonds is 4. The Bertz CT molecular complexity index is 567. The van der Waals surface area contributed by atoms with Crippen LogP contribution in [0.1, 0.15) is 5.89 Å². The van der Waals surface area contributed by atoms with Gasteiger partial charge in [-0.3, -0.25) is 0 Å². The monoisotopic (exact) mass is 291 g/mol. The predicted octanol–water partition coefficient (Wildman–Crippen LogP) is 1.99. The number of aromatic nitrogens is 2. The Morgan fingerprint density at radius 2 is 2.35 bits per heavy atom. The molecule has 1 aromatic heterocycles. The number of hydrogen-bond donors (Lipinski definition) is 1. The number of para-hydroxylation sites is 1. The van der Waals surface area contributed by atoms with Gasteiger partial charge < -0.3 is 14.6 Å². The average Bonchev–Trinajstić information content (AvgIpc) is 2.96. The second-order valence-corrected chi connectivity index (χ2v) is 5.79. The van der Waals surface area contributed by atoms with E-state index in [0.717, 1.165) is 30.0 Å². The van der Waals surface area contributed by atoms with E-state index in [1.54, 1.807) is 7.11 Å². The Balaban J connectivity index is 1.75. The molecule has 1 aliphatic rings. The molecule has 0 aliphatic carbocycles. The van der Waals surface area contributed by atoms with Gasteiger partial charge in [-0.25, -0.2) is 0 Å². The maximum Gasteiger partial charge on any atom is 0.228 e. The summed E-state index contributed by atoms with van der Waals surface area (Å²) in [6.07, 6.45) is 0.773. The molecule has 106 valence electrons. The zero-order valence-electron chi connectivity index (χ0n) is 11.3. The third-order valence-electron chi connectivity index (χ3n) is 3.24. The van der Waals surface area contributed by atoms with Crippen LogP contribution in [0.5, 0.6) is 5.75 Å². The molecular formula is C14H17N3O2S. The van der Waals surface area contributed by atoms with Crippen LogP contribution in [0.2, 0.25) is 0 Å². The van der Waals surface area contributed by atoms with Gasteiger partial charge in [-0.1, -0.05) is 17.3 Å². The van der Waals surface area contributed by atoms with Gasteiger partial charge in [0.25, 0.3) is 0 Å². The molecule has 0 bridgehead atoms. The van der Waals surface area contributed by atoms with Crippen molar-refractivity contribution < 1.29 is 9.26 Å². The lowest BCUT2D eigenvalue weighted by atomic mass is 10.2. The van der Waals surface area contributed by atoms with Crippen molar-refractivity contribution in [3.8, 4) is 17.1 Å². The first-order valence-corrected chi connectivity index (χ1v) is 7.79. The van der Waals surface area contributed by atoms with Crippen molar-refractivity contribution >= 4 is 11.8 Å². The van der Waals surface area contributed by atoms with Gasteiger partial charge in [0.1, 0.15) is 5.75 Å². The summed E-state index contributed by atoms with van der Waals surface area (Å²) < 4.78 is 10.7. The number of thioether (sulfide) groups is 1. The first-order chi connectivity index (χ1) is 9.86. The van der Waals surface area contributed by atoms with Crippen LogP contribution in [0, 0.1) is 0 Å². The molecule has 1 aliphatic heterocycles. The van der Waals surface area contributed by atoms with Gasteiger partial charge in [-0.2, -0.15) is 16.7 Å². The lowest BCUT2D eigenvalue weighted by molar-refractivity contribution is 0.362. The predicted molar refractivity (Wildman–Crippen MR) is 79.1 cm³/mol. The highest BCUT2D eigenvalue weighted by molar-refractivity contribution is 7.99. The first kappa shape index (κ1) is 13.5. The minimum absolute atomic E-state index is 0.416. The van der Waals surface area contributed by atoms with E-state index < -0.39 is 0 Å². The SMILES string of the molecule is COc1ccccc1-c1noc(CC2CSCCN2)n1. The van der Waals surface area contributed by atoms with Crippen molar-refractivity contribution in [2.24, 2.45) is 0 Å². The van der Waals surface area contributed by atoms with Gasteiger partial charge >= 0.3 is 0 Å². The number of benzene rings is 1. The van der Waals surface area contributed by atoms with Crippen LogP contribution < -0.4 is 10.1 Å². The summed E-state index contributed by atoms with van der Waals surface area (Å²) >= 11 is 1.96. The molecule has 0 radical (unpaired) electrons. The smallest absolute Gasteiger partial charge is 0.228 e. The van der Waals surface area contributed by atoms with Crippen molar-refractivity contribution in [1.29, 1.82) is 0 Å². The number of nitrogens with zero attached hydrogens (tertiary/aromatic N) is 2. The summed E-state index contributed by atoms with van der Waals surface area (Å²) in [4.78, 5) is 4.48. The maximum atomic E-state index is 5.36. The first-order valence-electron chi connectivity index (χ1n) is 6.64. The minimum atomic E-state index is 0.416. The van der Waals surface area contributed by atoms with Crippen LogP contribution >= 0.6 is 11.8 Å². The highest BCUT2D eigenvalue weighted by Crippen LogP contribution is 2.27. The Morgan fingerprint density at radius 1 is 1.45 bits per heavy atom. The highest BCUT2D eigenvalue weighted by Gasteiger charge is 2.18. The number of hydrogen-bond acceptors (Lipinski definition) is 6. The highest BCUT2D eigenvalue weighted by atomic mass is 32.2. The molecule has 0 saturated carbocycles. The number of ether oxygens (including phenoxy) is 1. The van der Waals surface area contributed by atoms with Crippen LogP contribution in [-0.4, -0.2) is 41.3 Å². The van der Waals surface area contributed by atoms with Crippen LogP contribution in [0.25, 0.3) is 11.4 Å². The van der Waals surface area contributed by atoms with Gasteiger partial charge in [0, 0.05) is 30.5 Å². The standard InChI is InChI=1S/C14H17N3O2S/c1-18-12-5-3-2-4-11(12)14-16-13(19-17-14)8-10-9-20-7-6-15-10/h2-5,10,15H,6-9H2,1H3. The molecule has 1 fully saturated rings. The fourth-order valence-electron chi connectivity index (χ4n) is 2.24. The molecular weight excluding hydrogens is 274 g/mol. The van der Waals surface area contributed by atoms with Crippen LogP contribution in [0.3, 0.4) is 0 Å². The zero-order chi connectivity index (χ0) is 13.8. The molecule has 0 spiro atoms. The zero-order valence-corrected chi connectivity index (χ0v) is 12.2. The van der Waals surface area contributed by atoms with E-state index in [9.17, 15) is 0 Å². The summed E-state index contributed by atoms with van der Waals surface area (Å²) in [7, 11) is 1.64. The topological polar surface area (TPSA) is 60.2 Å². The van der Waals surface area contributed by atoms with Gasteiger partial charge in [0.2, 0.25) is 11.7 Å². The van der Waals surface area contributed by atoms with E-state index in [4.69, 9.17) is 9.26 Å². The fourth-order valence-corrected chi connectivity index (χ4v) is 3.19. The van der Waals surface area contributed by atoms with Gasteiger partial charge in [-0.15, -0.1) is 0 Å². The molecule has 1 aromatic carbocycles. The summed E-state index contributed by atoms with van der Waals surface area (Å²) in [5, 5.41) is 7.53. The lowest BCUT2D eigenvalue weighted by Crippen LogP contribution is -2.38. The second-order valence-electron chi connectivity index (χ2n) is 4.64. The molecule has 20 heavy (non-hydrogen) atoms. The molecule has 3 rings (SSSR count). The Hall–Kier alpha value is -1.53. The molecule has 2 heterocycles. The third kappa shape index (κ3) is 2.96. The van der Waals surface area contributed by atoms with E-state index in [1.165, 1.54) is 5.75 Å². The quantitative estimate of drug-likeness (QED) is 0.929. The summed E-state index contributed by atoms with van der Waals surface area (Å²) in [5.41, 5.74) is 0.857. The fraction of sp³-hybridized carbons (Fsp3) is 0.429. The normalized spacial score (nSPS) is 18.9. The van der Waals surface area contributed by atoms with Crippen LogP contribution in [0.4, 0.5) is 0 Å². The Labute approximate surface area is 122 Å². The third-order valence-corrected chi connectivity index (χ3v) is 4.37. The molecule has 6 heteroatoms. The lowest BCUT2D eigenvalue weighted by Gasteiger charge is -2.21. The largest absolute Gasteiger partial charge is 0.496 e. The van der Waals surface area contributed by atoms with E-state index in [2.05, 4.69) is 15.5 Å². The van der Waals surface area contributed by atoms with Crippen molar-refractivity contribution in [2.75, 3.05) is 25.2 Å². The Kier molecular flexibility index (Phi) is 4.22. The van der Waals surface area contributed by atoms with Crippen molar-refractivity contribution in [3.05, 3.63) is 30.2 Å². The Morgan fingerprint density at radius 3 is 3.15 bits per heavy atom.